The van der Waals surface area contributed by atoms with Gasteiger partial charge >= 0.3 is 0 Å². The van der Waals surface area contributed by atoms with Gasteiger partial charge in [-0.15, -0.1) is 0 Å². The maximum Gasteiger partial charge on any atom is 0.237 e. The van der Waals surface area contributed by atoms with Gasteiger partial charge in [0, 0.05) is 19.8 Å². The molecule has 0 aliphatic heterocycles. The Morgan fingerprint density at radius 3 is 2.53 bits per heavy atom. The summed E-state index contributed by atoms with van der Waals surface area (Å²) >= 11 is 0. The number of hydrogen-bond acceptors (Lipinski definition) is 3. The van der Waals surface area contributed by atoms with Crippen LogP contribution in [0, 0.1) is 5.92 Å². The molecule has 1 amide bonds. The first-order chi connectivity index (χ1) is 7.02. The fourth-order valence-electron chi connectivity index (χ4n) is 1.22. The highest BCUT2D eigenvalue weighted by molar-refractivity contribution is 5.82. The summed E-state index contributed by atoms with van der Waals surface area (Å²) in [4.78, 5) is 11.6. The van der Waals surface area contributed by atoms with E-state index in [1.807, 2.05) is 20.8 Å². The van der Waals surface area contributed by atoms with Crippen molar-refractivity contribution in [3.05, 3.63) is 0 Å². The van der Waals surface area contributed by atoms with Gasteiger partial charge in [-0.3, -0.25) is 4.79 Å². The molecule has 0 aromatic heterocycles. The highest BCUT2D eigenvalue weighted by Crippen LogP contribution is 2.05. The molecule has 3 N–H and O–H groups in total. The number of amides is 1. The largest absolute Gasteiger partial charge is 0.385 e. The fourth-order valence-corrected chi connectivity index (χ4v) is 1.22. The number of ether oxygens (including phenoxy) is 1. The summed E-state index contributed by atoms with van der Waals surface area (Å²) in [6, 6.07) is -0.285. The number of carbonyl (C=O) groups excluding carboxylic acids is 1. The molecule has 15 heavy (non-hydrogen) atoms. The van der Waals surface area contributed by atoms with E-state index in [-0.39, 0.29) is 17.9 Å². The third-order valence-corrected chi connectivity index (χ3v) is 2.70. The molecule has 0 aliphatic carbocycles. The van der Waals surface area contributed by atoms with Gasteiger partial charge in [0.05, 0.1) is 6.04 Å². The van der Waals surface area contributed by atoms with Crippen LogP contribution in [0.1, 0.15) is 33.6 Å². The number of methoxy groups -OCH3 is 1. The second-order valence-electron chi connectivity index (χ2n) is 4.10. The molecule has 0 saturated heterocycles. The van der Waals surface area contributed by atoms with Crippen LogP contribution in [0.5, 0.6) is 0 Å². The average Bonchev–Trinajstić information content (AvgIpc) is 2.23. The molecule has 0 saturated carbocycles. The van der Waals surface area contributed by atoms with Crippen LogP contribution in [-0.4, -0.2) is 31.7 Å². The molecule has 0 aliphatic rings. The normalized spacial score (nSPS) is 16.9. The van der Waals surface area contributed by atoms with E-state index in [0.717, 1.165) is 12.8 Å². The lowest BCUT2D eigenvalue weighted by Crippen LogP contribution is -2.47. The number of rotatable bonds is 7. The van der Waals surface area contributed by atoms with Gasteiger partial charge in [-0.2, -0.15) is 0 Å². The monoisotopic (exact) mass is 216 g/mol. The van der Waals surface area contributed by atoms with Crippen molar-refractivity contribution in [3.8, 4) is 0 Å². The lowest BCUT2D eigenvalue weighted by molar-refractivity contribution is -0.124. The summed E-state index contributed by atoms with van der Waals surface area (Å²) in [6.45, 7) is 6.64. The third kappa shape index (κ3) is 5.74. The topological polar surface area (TPSA) is 64.4 Å². The first-order valence-corrected chi connectivity index (χ1v) is 5.57. The Kier molecular flexibility index (Phi) is 7.34. The number of hydrogen-bond donors (Lipinski definition) is 2. The van der Waals surface area contributed by atoms with E-state index in [9.17, 15) is 4.79 Å². The Morgan fingerprint density at radius 1 is 1.47 bits per heavy atom. The maximum atomic E-state index is 11.6. The van der Waals surface area contributed by atoms with Gasteiger partial charge in [0.1, 0.15) is 0 Å². The number of nitrogens with one attached hydrogen (secondary N) is 1. The van der Waals surface area contributed by atoms with Crippen LogP contribution in [0.2, 0.25) is 0 Å². The zero-order valence-corrected chi connectivity index (χ0v) is 10.2. The van der Waals surface area contributed by atoms with Crippen molar-refractivity contribution in [2.45, 2.75) is 45.7 Å². The minimum Gasteiger partial charge on any atom is -0.385 e. The van der Waals surface area contributed by atoms with Crippen molar-refractivity contribution < 1.29 is 9.53 Å². The lowest BCUT2D eigenvalue weighted by Gasteiger charge is -2.20. The summed E-state index contributed by atoms with van der Waals surface area (Å²) < 4.78 is 4.94. The molecular formula is C11H24N2O2. The van der Waals surface area contributed by atoms with E-state index in [2.05, 4.69) is 5.32 Å². The first kappa shape index (κ1) is 14.4. The van der Waals surface area contributed by atoms with E-state index >= 15 is 0 Å². The van der Waals surface area contributed by atoms with Gasteiger partial charge in [-0.05, 0) is 19.3 Å². The highest BCUT2D eigenvalue weighted by Gasteiger charge is 2.20. The summed E-state index contributed by atoms with van der Waals surface area (Å²) in [7, 11) is 1.65. The van der Waals surface area contributed by atoms with Crippen molar-refractivity contribution >= 4 is 5.91 Å². The smallest absolute Gasteiger partial charge is 0.237 e. The van der Waals surface area contributed by atoms with Gasteiger partial charge in [-0.1, -0.05) is 20.3 Å². The molecule has 0 heterocycles. The van der Waals surface area contributed by atoms with Gasteiger partial charge in [0.25, 0.3) is 0 Å². The Labute approximate surface area is 92.6 Å². The summed E-state index contributed by atoms with van der Waals surface area (Å²) in [5.41, 5.74) is 5.80. The zero-order valence-electron chi connectivity index (χ0n) is 10.2. The van der Waals surface area contributed by atoms with Crippen LogP contribution < -0.4 is 11.1 Å². The zero-order chi connectivity index (χ0) is 11.8. The Bertz CT molecular complexity index is 185. The van der Waals surface area contributed by atoms with E-state index < -0.39 is 6.04 Å². The Hall–Kier alpha value is -0.610. The first-order valence-electron chi connectivity index (χ1n) is 5.57. The van der Waals surface area contributed by atoms with E-state index in [4.69, 9.17) is 10.5 Å². The van der Waals surface area contributed by atoms with E-state index in [1.54, 1.807) is 7.11 Å². The highest BCUT2D eigenvalue weighted by atomic mass is 16.5. The molecule has 2 unspecified atom stereocenters. The second-order valence-corrected chi connectivity index (χ2v) is 4.10. The quantitative estimate of drug-likeness (QED) is 0.664. The minimum atomic E-state index is -0.403. The molecule has 0 aromatic rings. The Balaban J connectivity index is 3.90. The molecule has 0 bridgehead atoms. The molecule has 3 atom stereocenters. The van der Waals surface area contributed by atoms with Crippen molar-refractivity contribution in [2.75, 3.05) is 13.7 Å². The number of nitrogens with two attached hydrogens (primary N) is 1. The Morgan fingerprint density at radius 2 is 2.07 bits per heavy atom. The van der Waals surface area contributed by atoms with Crippen molar-refractivity contribution in [1.82, 2.24) is 5.32 Å². The molecule has 0 rings (SSSR count). The van der Waals surface area contributed by atoms with Crippen LogP contribution in [0.25, 0.3) is 0 Å². The van der Waals surface area contributed by atoms with Crippen LogP contribution in [0.3, 0.4) is 0 Å². The van der Waals surface area contributed by atoms with Crippen molar-refractivity contribution in [2.24, 2.45) is 11.7 Å². The summed E-state index contributed by atoms with van der Waals surface area (Å²) in [5.74, 6) is 0.160. The molecular weight excluding hydrogens is 192 g/mol. The molecule has 0 spiro atoms. The predicted molar refractivity (Wildman–Crippen MR) is 61.5 cm³/mol. The van der Waals surface area contributed by atoms with Crippen LogP contribution in [0.4, 0.5) is 0 Å². The SMILES string of the molecule is CCC(C)[C@H](N)C(=O)NC(C)CCOC. The lowest BCUT2D eigenvalue weighted by atomic mass is 9.99. The summed E-state index contributed by atoms with van der Waals surface area (Å²) in [6.07, 6.45) is 1.73. The van der Waals surface area contributed by atoms with Crippen LogP contribution >= 0.6 is 0 Å². The van der Waals surface area contributed by atoms with E-state index in [1.165, 1.54) is 0 Å². The predicted octanol–water partition coefficient (Wildman–Crippen LogP) is 0.901. The van der Waals surface area contributed by atoms with Crippen LogP contribution in [-0.2, 0) is 9.53 Å². The van der Waals surface area contributed by atoms with Gasteiger partial charge < -0.3 is 15.8 Å². The maximum absolute atomic E-state index is 11.6. The number of carbonyl (C=O) groups is 1. The standard InChI is InChI=1S/C11H24N2O2/c1-5-8(2)10(12)11(14)13-9(3)6-7-15-4/h8-10H,5-7,12H2,1-4H3,(H,13,14)/t8?,9?,10-/m0/s1. The molecule has 4 nitrogen and oxygen atoms in total. The minimum absolute atomic E-state index is 0.0621. The van der Waals surface area contributed by atoms with Crippen molar-refractivity contribution in [1.29, 1.82) is 0 Å². The van der Waals surface area contributed by atoms with E-state index in [0.29, 0.717) is 6.61 Å². The van der Waals surface area contributed by atoms with Gasteiger partial charge in [-0.25, -0.2) is 0 Å². The average molecular weight is 216 g/mol. The van der Waals surface area contributed by atoms with Gasteiger partial charge in [0.15, 0.2) is 0 Å². The second kappa shape index (κ2) is 7.65. The molecule has 4 heteroatoms. The third-order valence-electron chi connectivity index (χ3n) is 2.70. The fraction of sp³-hybridized carbons (Fsp3) is 0.909. The van der Waals surface area contributed by atoms with Crippen molar-refractivity contribution in [3.63, 3.8) is 0 Å². The molecule has 0 fully saturated rings. The molecule has 0 aromatic carbocycles. The van der Waals surface area contributed by atoms with Crippen LogP contribution in [0.15, 0.2) is 0 Å². The van der Waals surface area contributed by atoms with Gasteiger partial charge in [0.2, 0.25) is 5.91 Å². The molecule has 90 valence electrons. The molecule has 0 radical (unpaired) electrons. The summed E-state index contributed by atoms with van der Waals surface area (Å²) in [5, 5.41) is 2.89.